The van der Waals surface area contributed by atoms with Crippen LogP contribution in [0.3, 0.4) is 0 Å². The fourth-order valence-corrected chi connectivity index (χ4v) is 2.06. The molecule has 0 spiro atoms. The van der Waals surface area contributed by atoms with Crippen molar-refractivity contribution in [2.45, 2.75) is 84.2 Å². The van der Waals surface area contributed by atoms with E-state index in [-0.39, 0.29) is 6.10 Å². The summed E-state index contributed by atoms with van der Waals surface area (Å²) in [5.41, 5.74) is 8.20. The third-order valence-corrected chi connectivity index (χ3v) is 3.15. The lowest BCUT2D eigenvalue weighted by atomic mass is 10.0. The molecule has 5 heteroatoms. The number of hydrogen-bond acceptors (Lipinski definition) is 2. The highest BCUT2D eigenvalue weighted by atomic mass is 16.6. The van der Waals surface area contributed by atoms with Crippen molar-refractivity contribution in [1.82, 2.24) is 0 Å². The van der Waals surface area contributed by atoms with E-state index in [2.05, 4.69) is 23.9 Å². The van der Waals surface area contributed by atoms with E-state index in [1.165, 1.54) is 38.5 Å². The number of azide groups is 1. The van der Waals surface area contributed by atoms with E-state index < -0.39 is 6.09 Å². The van der Waals surface area contributed by atoms with Gasteiger partial charge in [0.1, 0.15) is 6.10 Å². The highest BCUT2D eigenvalue weighted by Gasteiger charge is 2.12. The first-order valence-electron chi connectivity index (χ1n) is 7.50. The Morgan fingerprint density at radius 3 is 2.00 bits per heavy atom. The summed E-state index contributed by atoms with van der Waals surface area (Å²) in [7, 11) is 0. The van der Waals surface area contributed by atoms with Crippen LogP contribution >= 0.6 is 0 Å². The molecule has 0 saturated heterocycles. The largest absolute Gasteiger partial charge is 0.458 e. The molecule has 0 atom stereocenters. The van der Waals surface area contributed by atoms with E-state index in [1.807, 2.05) is 0 Å². The molecule has 5 nitrogen and oxygen atoms in total. The molecule has 0 saturated carbocycles. The highest BCUT2D eigenvalue weighted by Crippen LogP contribution is 2.16. The maximum atomic E-state index is 11.2. The summed E-state index contributed by atoms with van der Waals surface area (Å²) < 4.78 is 5.19. The summed E-state index contributed by atoms with van der Waals surface area (Å²) >= 11 is 0. The van der Waals surface area contributed by atoms with Gasteiger partial charge < -0.3 is 4.74 Å². The monoisotopic (exact) mass is 269 g/mol. The van der Waals surface area contributed by atoms with Crippen molar-refractivity contribution in [3.63, 3.8) is 0 Å². The minimum absolute atomic E-state index is 0.0910. The van der Waals surface area contributed by atoms with Crippen LogP contribution in [0.25, 0.3) is 10.4 Å². The molecule has 19 heavy (non-hydrogen) atoms. The lowest BCUT2D eigenvalue weighted by Crippen LogP contribution is -2.16. The minimum atomic E-state index is -0.793. The number of carbonyl (C=O) groups excluding carboxylic acids is 1. The second-order valence-corrected chi connectivity index (χ2v) is 4.89. The van der Waals surface area contributed by atoms with Crippen molar-refractivity contribution in [1.29, 1.82) is 0 Å². The fraction of sp³-hybridized carbons (Fsp3) is 0.929. The van der Waals surface area contributed by atoms with Gasteiger partial charge in [-0.25, -0.2) is 4.79 Å². The summed E-state index contributed by atoms with van der Waals surface area (Å²) in [4.78, 5) is 13.6. The third-order valence-electron chi connectivity index (χ3n) is 3.15. The first-order chi connectivity index (χ1) is 9.24. The first-order valence-corrected chi connectivity index (χ1v) is 7.50. The van der Waals surface area contributed by atoms with Gasteiger partial charge in [-0.3, -0.25) is 0 Å². The van der Waals surface area contributed by atoms with Crippen LogP contribution in [-0.4, -0.2) is 12.2 Å². The van der Waals surface area contributed by atoms with Gasteiger partial charge in [0, 0.05) is 10.0 Å². The zero-order valence-corrected chi connectivity index (χ0v) is 12.3. The topological polar surface area (TPSA) is 75.1 Å². The molecule has 0 aromatic carbocycles. The number of amides is 1. The molecule has 0 aliphatic heterocycles. The van der Waals surface area contributed by atoms with Crippen molar-refractivity contribution >= 4 is 6.09 Å². The van der Waals surface area contributed by atoms with E-state index in [9.17, 15) is 4.79 Å². The molecule has 0 rings (SSSR count). The summed E-state index contributed by atoms with van der Waals surface area (Å²) in [6.45, 7) is 4.34. The first kappa shape index (κ1) is 17.8. The normalized spacial score (nSPS) is 10.3. The van der Waals surface area contributed by atoms with Gasteiger partial charge in [0.2, 0.25) is 0 Å². The average Bonchev–Trinajstić information content (AvgIpc) is 2.39. The highest BCUT2D eigenvalue weighted by molar-refractivity contribution is 5.68. The van der Waals surface area contributed by atoms with Crippen LogP contribution in [0.15, 0.2) is 5.11 Å². The molecule has 0 bridgehead atoms. The number of carbonyl (C=O) groups is 1. The molecular weight excluding hydrogens is 242 g/mol. The van der Waals surface area contributed by atoms with Gasteiger partial charge in [-0.2, -0.15) is 0 Å². The maximum Gasteiger partial charge on any atom is 0.397 e. The van der Waals surface area contributed by atoms with Crippen LogP contribution in [0.1, 0.15) is 78.1 Å². The molecule has 0 aliphatic rings. The smallest absolute Gasteiger partial charge is 0.397 e. The van der Waals surface area contributed by atoms with Crippen molar-refractivity contribution in [3.05, 3.63) is 10.4 Å². The lowest BCUT2D eigenvalue weighted by Gasteiger charge is -2.16. The summed E-state index contributed by atoms with van der Waals surface area (Å²) in [6.07, 6.45) is 10.1. The number of ether oxygens (including phenoxy) is 1. The van der Waals surface area contributed by atoms with Gasteiger partial charge in [0.05, 0.1) is 0 Å². The van der Waals surface area contributed by atoms with Crippen molar-refractivity contribution in [3.8, 4) is 0 Å². The van der Waals surface area contributed by atoms with Crippen LogP contribution in [-0.2, 0) is 4.74 Å². The van der Waals surface area contributed by atoms with E-state index in [0.717, 1.165) is 25.7 Å². The molecule has 0 radical (unpaired) electrons. The second kappa shape index (κ2) is 13.2. The van der Waals surface area contributed by atoms with Gasteiger partial charge in [0.15, 0.2) is 0 Å². The maximum absolute atomic E-state index is 11.2. The zero-order valence-electron chi connectivity index (χ0n) is 12.3. The Morgan fingerprint density at radius 2 is 1.58 bits per heavy atom. The lowest BCUT2D eigenvalue weighted by molar-refractivity contribution is 0.0922. The van der Waals surface area contributed by atoms with Crippen LogP contribution in [0, 0.1) is 0 Å². The molecule has 110 valence electrons. The van der Waals surface area contributed by atoms with Gasteiger partial charge in [-0.15, -0.1) is 0 Å². The van der Waals surface area contributed by atoms with Crippen LogP contribution in [0.2, 0.25) is 0 Å². The summed E-state index contributed by atoms with van der Waals surface area (Å²) in [5.74, 6) is 0. The molecule has 0 unspecified atom stereocenters. The van der Waals surface area contributed by atoms with Crippen molar-refractivity contribution in [2.24, 2.45) is 5.11 Å². The Hall–Kier alpha value is -1.22. The van der Waals surface area contributed by atoms with Crippen LogP contribution in [0.5, 0.6) is 0 Å². The number of rotatable bonds is 11. The molecule has 0 N–H and O–H groups in total. The fourth-order valence-electron chi connectivity index (χ4n) is 2.06. The Labute approximate surface area is 116 Å². The number of nitrogens with zero attached hydrogens (tertiary/aromatic N) is 3. The zero-order chi connectivity index (χ0) is 14.3. The van der Waals surface area contributed by atoms with Gasteiger partial charge in [0.25, 0.3) is 0 Å². The Morgan fingerprint density at radius 1 is 1.05 bits per heavy atom. The van der Waals surface area contributed by atoms with E-state index in [0.29, 0.717) is 0 Å². The van der Waals surface area contributed by atoms with Gasteiger partial charge in [-0.05, 0) is 31.2 Å². The molecule has 0 aliphatic carbocycles. The van der Waals surface area contributed by atoms with Gasteiger partial charge in [-0.1, -0.05) is 52.4 Å². The van der Waals surface area contributed by atoms with Gasteiger partial charge >= 0.3 is 6.09 Å². The van der Waals surface area contributed by atoms with Crippen LogP contribution in [0.4, 0.5) is 4.79 Å². The number of unbranched alkanes of at least 4 members (excludes halogenated alkanes) is 6. The standard InChI is InChI=1S/C14H27N3O2/c1-3-5-7-9-11-13(12-10-8-6-4-2)19-14(18)16-17-15/h13H,3-12H2,1-2H3. The van der Waals surface area contributed by atoms with E-state index in [1.54, 1.807) is 0 Å². The van der Waals surface area contributed by atoms with Crippen molar-refractivity contribution in [2.75, 3.05) is 0 Å². The van der Waals surface area contributed by atoms with E-state index >= 15 is 0 Å². The molecule has 0 fully saturated rings. The van der Waals surface area contributed by atoms with Crippen LogP contribution < -0.4 is 0 Å². The Balaban J connectivity index is 3.98. The quantitative estimate of drug-likeness (QED) is 0.207. The predicted octanol–water partition coefficient (Wildman–Crippen LogP) is 5.74. The molecule has 1 amide bonds. The predicted molar refractivity (Wildman–Crippen MR) is 76.9 cm³/mol. The second-order valence-electron chi connectivity index (χ2n) is 4.89. The van der Waals surface area contributed by atoms with Crippen molar-refractivity contribution < 1.29 is 9.53 Å². The third kappa shape index (κ3) is 11.6. The average molecular weight is 269 g/mol. The Bertz CT molecular complexity index is 264. The molecule has 0 heterocycles. The minimum Gasteiger partial charge on any atom is -0.458 e. The molecule has 0 aromatic rings. The summed E-state index contributed by atoms with van der Waals surface area (Å²) in [5, 5.41) is 2.97. The van der Waals surface area contributed by atoms with E-state index in [4.69, 9.17) is 10.3 Å². The summed E-state index contributed by atoms with van der Waals surface area (Å²) in [6, 6.07) is 0. The SMILES string of the molecule is CCCCCCC(CCCCCC)OC(=O)N=[N+]=[N-]. The molecular formula is C14H27N3O2. The Kier molecular flexibility index (Phi) is 12.4. The number of hydrogen-bond donors (Lipinski definition) is 0. The molecule has 0 aromatic heterocycles.